The molecule has 4 aliphatic carbocycles. The third-order valence-corrected chi connectivity index (χ3v) is 11.6. The van der Waals surface area contributed by atoms with Crippen molar-refractivity contribution in [1.82, 2.24) is 9.97 Å². The number of rotatable bonds is 4. The molecule has 4 unspecified atom stereocenters. The number of furan rings is 2. The summed E-state index contributed by atoms with van der Waals surface area (Å²) in [5, 5.41) is 2.03. The van der Waals surface area contributed by atoms with Gasteiger partial charge in [0.1, 0.15) is 33.8 Å². The number of aromatic nitrogens is 2. The summed E-state index contributed by atoms with van der Waals surface area (Å²) in [5.41, 5.74) is 8.31. The highest BCUT2D eigenvalue weighted by atomic mass is 16.3. The average molecular weight is 546 g/mol. The molecule has 0 saturated heterocycles. The first-order valence-corrected chi connectivity index (χ1v) is 15.2. The Labute approximate surface area is 241 Å². The van der Waals surface area contributed by atoms with Crippen molar-refractivity contribution in [3.05, 3.63) is 103 Å². The van der Waals surface area contributed by atoms with E-state index < -0.39 is 0 Å². The largest absolute Gasteiger partial charge is 0.454 e. The lowest BCUT2D eigenvalue weighted by Crippen LogP contribution is -2.82. The van der Waals surface area contributed by atoms with Gasteiger partial charge in [-0.15, -0.1) is 0 Å². The molecule has 11 rings (SSSR count). The van der Waals surface area contributed by atoms with Crippen LogP contribution in [-0.4, -0.2) is 9.97 Å². The van der Waals surface area contributed by atoms with E-state index >= 15 is 0 Å². The lowest BCUT2D eigenvalue weighted by Gasteiger charge is -2.89. The van der Waals surface area contributed by atoms with Crippen molar-refractivity contribution in [3.63, 3.8) is 0 Å². The average Bonchev–Trinajstić information content (AvgIpc) is 3.55. The fraction of sp³-hybridized carbons (Fsp3) is 0.243. The molecule has 202 valence electrons. The topological polar surface area (TPSA) is 55.3 Å². The maximum Gasteiger partial charge on any atom is 0.154 e. The molecule has 0 aliphatic heterocycles. The Bertz CT molecular complexity index is 2110. The first kappa shape index (κ1) is 22.0. The van der Waals surface area contributed by atoms with Gasteiger partial charge < -0.3 is 8.83 Å². The molecule has 4 heterocycles. The normalized spacial score (nSPS) is 28.5. The maximum atomic E-state index is 6.10. The number of fused-ring (bicyclic) bond motifs is 6. The number of benzene rings is 3. The third-order valence-electron chi connectivity index (χ3n) is 11.6. The lowest BCUT2D eigenvalue weighted by atomic mass is 9.15. The quantitative estimate of drug-likeness (QED) is 0.220. The summed E-state index contributed by atoms with van der Waals surface area (Å²) in [5.74, 6) is 6.33. The summed E-state index contributed by atoms with van der Waals surface area (Å²) in [6.45, 7) is 0. The Kier molecular flexibility index (Phi) is 3.88. The van der Waals surface area contributed by atoms with E-state index in [0.717, 1.165) is 96.5 Å². The van der Waals surface area contributed by atoms with Crippen LogP contribution in [0.4, 0.5) is 17.3 Å². The molecule has 4 saturated carbocycles. The smallest absolute Gasteiger partial charge is 0.154 e. The van der Waals surface area contributed by atoms with Crippen LogP contribution in [0.1, 0.15) is 30.7 Å². The molecular weight excluding hydrogens is 518 g/mol. The van der Waals surface area contributed by atoms with E-state index in [1.165, 1.54) is 24.8 Å². The molecule has 7 aromatic rings. The fourth-order valence-electron chi connectivity index (χ4n) is 9.89. The zero-order chi connectivity index (χ0) is 27.2. The van der Waals surface area contributed by atoms with Crippen LogP contribution < -0.4 is 4.90 Å². The number of pyridine rings is 2. The highest BCUT2D eigenvalue weighted by Gasteiger charge is 2.84. The minimum atomic E-state index is 0.749. The van der Waals surface area contributed by atoms with Crippen LogP contribution in [0, 0.1) is 29.1 Å². The second-order valence-electron chi connectivity index (χ2n) is 13.0. The Morgan fingerprint density at radius 2 is 1.12 bits per heavy atom. The molecule has 0 N–H and O–H groups in total. The van der Waals surface area contributed by atoms with E-state index in [2.05, 4.69) is 41.3 Å². The number of nitrogens with zero attached hydrogens (tertiary/aromatic N) is 3. The lowest BCUT2D eigenvalue weighted by molar-refractivity contribution is -0.390. The molecule has 4 atom stereocenters. The van der Waals surface area contributed by atoms with Gasteiger partial charge in [0.15, 0.2) is 11.2 Å². The van der Waals surface area contributed by atoms with Crippen LogP contribution in [0.2, 0.25) is 0 Å². The Morgan fingerprint density at radius 3 is 1.67 bits per heavy atom. The van der Waals surface area contributed by atoms with Crippen LogP contribution in [0.3, 0.4) is 0 Å². The number of para-hydroxylation sites is 2. The highest BCUT2D eigenvalue weighted by molar-refractivity contribution is 6.04. The predicted octanol–water partition coefficient (Wildman–Crippen LogP) is 9.50. The summed E-state index contributed by atoms with van der Waals surface area (Å²) in [6.07, 6.45) is 4.42. The van der Waals surface area contributed by atoms with Gasteiger partial charge in [-0.25, -0.2) is 9.97 Å². The second kappa shape index (κ2) is 7.40. The highest BCUT2D eigenvalue weighted by Crippen LogP contribution is 2.91. The van der Waals surface area contributed by atoms with Gasteiger partial charge in [-0.1, -0.05) is 36.4 Å². The van der Waals surface area contributed by atoms with Crippen molar-refractivity contribution in [2.75, 3.05) is 4.90 Å². The first-order valence-electron chi connectivity index (χ1n) is 15.2. The van der Waals surface area contributed by atoms with Crippen molar-refractivity contribution in [1.29, 1.82) is 0 Å². The van der Waals surface area contributed by atoms with Crippen LogP contribution >= 0.6 is 0 Å². The van der Waals surface area contributed by atoms with Gasteiger partial charge in [-0.3, -0.25) is 4.90 Å². The van der Waals surface area contributed by atoms with Crippen LogP contribution in [-0.2, 0) is 0 Å². The van der Waals surface area contributed by atoms with Crippen molar-refractivity contribution in [3.8, 4) is 0 Å². The number of hydrogen-bond acceptors (Lipinski definition) is 5. The molecule has 42 heavy (non-hydrogen) atoms. The summed E-state index contributed by atoms with van der Waals surface area (Å²) < 4.78 is 12.2. The summed E-state index contributed by atoms with van der Waals surface area (Å²) in [6, 6.07) is 33.6. The van der Waals surface area contributed by atoms with Crippen LogP contribution in [0.5, 0.6) is 0 Å². The minimum absolute atomic E-state index is 0.749. The fourth-order valence-corrected chi connectivity index (χ4v) is 9.89. The standard InChI is InChI=1S/C37H27N3O2/c1-3-7-28-24(5-1)35-30(41-28)13-15-32(38-35)40(33-16-14-31-36(39-33)25-6-2-4-8-29(25)42-31)23-11-9-20(10-12-23)34-26-18-21-17-22-19-27(34)37(21,22)26/h1-16,21-22,26-27,34H,17-19H2. The minimum Gasteiger partial charge on any atom is -0.454 e. The number of hydrogen-bond donors (Lipinski definition) is 0. The Hall–Kier alpha value is -4.64. The zero-order valence-electron chi connectivity index (χ0n) is 22.9. The molecule has 0 amide bonds. The molecule has 4 aliphatic rings. The van der Waals surface area contributed by atoms with E-state index in [1.807, 2.05) is 60.7 Å². The Morgan fingerprint density at radius 1 is 0.571 bits per heavy atom. The molecule has 4 fully saturated rings. The zero-order valence-corrected chi connectivity index (χ0v) is 22.9. The van der Waals surface area contributed by atoms with Gasteiger partial charge in [-0.05, 0) is 120 Å². The van der Waals surface area contributed by atoms with Crippen LogP contribution in [0.25, 0.3) is 44.1 Å². The maximum absolute atomic E-state index is 6.10. The molecule has 4 aromatic heterocycles. The number of anilines is 3. The third kappa shape index (κ3) is 2.49. The van der Waals surface area contributed by atoms with Crippen molar-refractivity contribution in [2.45, 2.75) is 25.2 Å². The molecule has 1 spiro atoms. The molecule has 0 radical (unpaired) electrons. The first-order chi connectivity index (χ1) is 20.8. The molecule has 5 nitrogen and oxygen atoms in total. The van der Waals surface area contributed by atoms with E-state index in [-0.39, 0.29) is 0 Å². The van der Waals surface area contributed by atoms with Gasteiger partial charge >= 0.3 is 0 Å². The van der Waals surface area contributed by atoms with Gasteiger partial charge in [0.2, 0.25) is 0 Å². The summed E-state index contributed by atoms with van der Waals surface area (Å²) in [7, 11) is 0. The molecule has 0 bridgehead atoms. The van der Waals surface area contributed by atoms with Crippen molar-refractivity contribution in [2.24, 2.45) is 29.1 Å². The van der Waals surface area contributed by atoms with E-state index in [1.54, 1.807) is 0 Å². The van der Waals surface area contributed by atoms with Gasteiger partial charge in [-0.2, -0.15) is 0 Å². The van der Waals surface area contributed by atoms with Gasteiger partial charge in [0.05, 0.1) is 0 Å². The van der Waals surface area contributed by atoms with E-state index in [4.69, 9.17) is 18.8 Å². The van der Waals surface area contributed by atoms with E-state index in [9.17, 15) is 0 Å². The summed E-state index contributed by atoms with van der Waals surface area (Å²) in [4.78, 5) is 12.5. The molecule has 5 heteroatoms. The SMILES string of the molecule is c1ccc2c(c1)oc1ccc(N(c3ccc(C4C5CC6CC7CC4C675)cc3)c3ccc4oc5ccccc5c4n3)nc12. The van der Waals surface area contributed by atoms with E-state index in [0.29, 0.717) is 0 Å². The van der Waals surface area contributed by atoms with Crippen molar-refractivity contribution >= 4 is 61.5 Å². The molecule has 3 aromatic carbocycles. The van der Waals surface area contributed by atoms with Gasteiger partial charge in [0.25, 0.3) is 0 Å². The predicted molar refractivity (Wildman–Crippen MR) is 164 cm³/mol. The van der Waals surface area contributed by atoms with Gasteiger partial charge in [0, 0.05) is 16.5 Å². The van der Waals surface area contributed by atoms with Crippen LogP contribution in [0.15, 0.2) is 106 Å². The summed E-state index contributed by atoms with van der Waals surface area (Å²) >= 11 is 0. The monoisotopic (exact) mass is 545 g/mol. The van der Waals surface area contributed by atoms with Crippen molar-refractivity contribution < 1.29 is 8.83 Å². The second-order valence-corrected chi connectivity index (χ2v) is 13.0. The molecular formula is C37H27N3O2. The Balaban J connectivity index is 1.06.